The normalized spacial score (nSPS) is 17.7. The summed E-state index contributed by atoms with van der Waals surface area (Å²) >= 11 is 0. The molecule has 0 spiro atoms. The molecule has 0 atom stereocenters. The predicted molar refractivity (Wildman–Crippen MR) is 91.0 cm³/mol. The maximum absolute atomic E-state index is 14.7. The summed E-state index contributed by atoms with van der Waals surface area (Å²) in [5, 5.41) is 0. The van der Waals surface area contributed by atoms with Gasteiger partial charge in [-0.1, -0.05) is 19.3 Å². The molecule has 26 heavy (non-hydrogen) atoms. The first kappa shape index (κ1) is 18.6. The molecule has 1 amide bonds. The minimum absolute atomic E-state index is 0.160. The van der Waals surface area contributed by atoms with Crippen molar-refractivity contribution in [2.75, 3.05) is 19.8 Å². The molecule has 0 N–H and O–H groups in total. The van der Waals surface area contributed by atoms with Crippen molar-refractivity contribution in [1.29, 1.82) is 0 Å². The maximum atomic E-state index is 14.7. The van der Waals surface area contributed by atoms with E-state index in [9.17, 15) is 18.4 Å². The quantitative estimate of drug-likeness (QED) is 0.591. The van der Waals surface area contributed by atoms with E-state index in [2.05, 4.69) is 0 Å². The van der Waals surface area contributed by atoms with E-state index in [0.29, 0.717) is 25.2 Å². The van der Waals surface area contributed by atoms with Gasteiger partial charge in [0, 0.05) is 18.2 Å². The number of halogens is 2. The van der Waals surface area contributed by atoms with Crippen LogP contribution in [0, 0.1) is 0 Å². The molecule has 1 aliphatic carbocycles. The van der Waals surface area contributed by atoms with Gasteiger partial charge in [0.1, 0.15) is 13.2 Å². The number of nitrogens with zero attached hydrogens (tertiary/aromatic N) is 1. The number of carbonyl (C=O) groups excluding carboxylic acids is 2. The van der Waals surface area contributed by atoms with Gasteiger partial charge in [0.25, 0.3) is 0 Å². The number of Topliss-reactive ketones (excluding diaryl/α,β-unsaturated/α-hetero) is 1. The predicted octanol–water partition coefficient (Wildman–Crippen LogP) is 3.46. The van der Waals surface area contributed by atoms with Crippen molar-refractivity contribution >= 4 is 11.7 Å². The van der Waals surface area contributed by atoms with Crippen molar-refractivity contribution in [3.8, 4) is 11.5 Å². The molecule has 1 aliphatic heterocycles. The number of rotatable bonds is 5. The van der Waals surface area contributed by atoms with E-state index in [1.807, 2.05) is 0 Å². The van der Waals surface area contributed by atoms with E-state index in [-0.39, 0.29) is 30.5 Å². The second kappa shape index (κ2) is 7.60. The number of ether oxygens (including phenoxy) is 2. The summed E-state index contributed by atoms with van der Waals surface area (Å²) in [7, 11) is 0. The Kier molecular flexibility index (Phi) is 5.44. The number of fused-ring (bicyclic) bond motifs is 1. The lowest BCUT2D eigenvalue weighted by atomic mass is 9.93. The van der Waals surface area contributed by atoms with Gasteiger partial charge in [0.05, 0.1) is 0 Å². The summed E-state index contributed by atoms with van der Waals surface area (Å²) in [6, 6.07) is 3.66. The van der Waals surface area contributed by atoms with Gasteiger partial charge >= 0.3 is 11.8 Å². The highest BCUT2D eigenvalue weighted by atomic mass is 19.3. The van der Waals surface area contributed by atoms with Gasteiger partial charge in [0.15, 0.2) is 11.5 Å². The van der Waals surface area contributed by atoms with Gasteiger partial charge in [-0.2, -0.15) is 8.78 Å². The lowest BCUT2D eigenvalue weighted by Crippen LogP contribution is -2.52. The Morgan fingerprint density at radius 2 is 1.77 bits per heavy atom. The Labute approximate surface area is 151 Å². The third-order valence-corrected chi connectivity index (χ3v) is 4.98. The molecule has 1 fully saturated rings. The van der Waals surface area contributed by atoms with Crippen LogP contribution < -0.4 is 9.47 Å². The molecule has 0 saturated heterocycles. The van der Waals surface area contributed by atoms with Gasteiger partial charge in [-0.05, 0) is 38.0 Å². The van der Waals surface area contributed by atoms with Crippen molar-refractivity contribution in [1.82, 2.24) is 4.90 Å². The van der Waals surface area contributed by atoms with Crippen LogP contribution >= 0.6 is 0 Å². The fraction of sp³-hybridized carbons (Fsp3) is 0.579. The molecule has 1 saturated carbocycles. The molecule has 7 heteroatoms. The van der Waals surface area contributed by atoms with E-state index in [0.717, 1.165) is 24.2 Å². The number of alkyl halides is 2. The van der Waals surface area contributed by atoms with E-state index in [4.69, 9.17) is 9.47 Å². The largest absolute Gasteiger partial charge is 0.486 e. The van der Waals surface area contributed by atoms with Crippen LogP contribution in [0.3, 0.4) is 0 Å². The fourth-order valence-electron chi connectivity index (χ4n) is 3.60. The van der Waals surface area contributed by atoms with Crippen LogP contribution in [0.25, 0.3) is 0 Å². The first-order chi connectivity index (χ1) is 12.4. The Morgan fingerprint density at radius 3 is 2.42 bits per heavy atom. The average Bonchev–Trinajstić information content (AvgIpc) is 2.68. The Bertz CT molecular complexity index is 686. The highest BCUT2D eigenvalue weighted by Crippen LogP contribution is 2.34. The van der Waals surface area contributed by atoms with Crippen molar-refractivity contribution < 1.29 is 27.8 Å². The topological polar surface area (TPSA) is 55.8 Å². The van der Waals surface area contributed by atoms with Gasteiger partial charge in [-0.25, -0.2) is 0 Å². The highest BCUT2D eigenvalue weighted by molar-refractivity contribution is 6.15. The standard InChI is InChI=1S/C19H23F2NO4/c1-2-22(14-6-4-3-5-7-14)18(24)19(20,21)17(23)13-8-9-15-16(12-13)26-11-10-25-15/h8-9,12,14H,2-7,10-11H2,1H3. The molecular formula is C19H23F2NO4. The first-order valence-electron chi connectivity index (χ1n) is 9.08. The lowest BCUT2D eigenvalue weighted by molar-refractivity contribution is -0.153. The molecule has 5 nitrogen and oxygen atoms in total. The number of hydrogen-bond donors (Lipinski definition) is 0. The van der Waals surface area contributed by atoms with E-state index in [1.54, 1.807) is 6.92 Å². The van der Waals surface area contributed by atoms with Crippen molar-refractivity contribution in [3.63, 3.8) is 0 Å². The average molecular weight is 367 g/mol. The smallest absolute Gasteiger partial charge is 0.386 e. The molecule has 0 unspecified atom stereocenters. The molecule has 0 bridgehead atoms. The van der Waals surface area contributed by atoms with Gasteiger partial charge in [-0.15, -0.1) is 0 Å². The molecule has 142 valence electrons. The molecule has 3 rings (SSSR count). The number of hydrogen-bond acceptors (Lipinski definition) is 4. The third-order valence-electron chi connectivity index (χ3n) is 4.98. The van der Waals surface area contributed by atoms with Crippen LogP contribution in [0.1, 0.15) is 49.4 Å². The Hall–Kier alpha value is -2.18. The van der Waals surface area contributed by atoms with Gasteiger partial charge in [-0.3, -0.25) is 9.59 Å². The molecule has 0 radical (unpaired) electrons. The van der Waals surface area contributed by atoms with Crippen LogP contribution in [0.5, 0.6) is 11.5 Å². The zero-order valence-corrected chi connectivity index (χ0v) is 14.8. The lowest BCUT2D eigenvalue weighted by Gasteiger charge is -2.35. The van der Waals surface area contributed by atoms with Crippen molar-refractivity contribution in [2.24, 2.45) is 0 Å². The molecule has 2 aliphatic rings. The first-order valence-corrected chi connectivity index (χ1v) is 9.08. The number of carbonyl (C=O) groups is 2. The summed E-state index contributed by atoms with van der Waals surface area (Å²) in [6.07, 6.45) is 4.28. The minimum atomic E-state index is -4.10. The molecule has 1 aromatic rings. The van der Waals surface area contributed by atoms with Crippen LogP contribution in [-0.4, -0.2) is 48.3 Å². The zero-order valence-electron chi connectivity index (χ0n) is 14.8. The maximum Gasteiger partial charge on any atom is 0.386 e. The van der Waals surface area contributed by atoms with E-state index >= 15 is 0 Å². The number of amides is 1. The molecule has 1 aromatic carbocycles. The Balaban J connectivity index is 1.81. The van der Waals surface area contributed by atoms with Crippen molar-refractivity contribution in [2.45, 2.75) is 51.0 Å². The molecule has 0 aromatic heterocycles. The van der Waals surface area contributed by atoms with Gasteiger partial charge in [0.2, 0.25) is 5.78 Å². The van der Waals surface area contributed by atoms with Crippen LogP contribution in [0.15, 0.2) is 18.2 Å². The van der Waals surface area contributed by atoms with Crippen LogP contribution in [-0.2, 0) is 4.79 Å². The summed E-state index contributed by atoms with van der Waals surface area (Å²) in [5.41, 5.74) is -0.257. The zero-order chi connectivity index (χ0) is 18.7. The molecular weight excluding hydrogens is 344 g/mol. The number of ketones is 1. The Morgan fingerprint density at radius 1 is 1.12 bits per heavy atom. The number of benzene rings is 1. The van der Waals surface area contributed by atoms with E-state index < -0.39 is 17.6 Å². The SMILES string of the molecule is CCN(C(=O)C(F)(F)C(=O)c1ccc2c(c1)OCCO2)C1CCCCC1. The fourth-order valence-corrected chi connectivity index (χ4v) is 3.60. The van der Waals surface area contributed by atoms with Gasteiger partial charge < -0.3 is 14.4 Å². The van der Waals surface area contributed by atoms with E-state index in [1.165, 1.54) is 18.2 Å². The highest BCUT2D eigenvalue weighted by Gasteiger charge is 2.51. The minimum Gasteiger partial charge on any atom is -0.486 e. The second-order valence-corrected chi connectivity index (χ2v) is 6.64. The monoisotopic (exact) mass is 367 g/mol. The summed E-state index contributed by atoms with van der Waals surface area (Å²) in [5.74, 6) is -6.37. The third kappa shape index (κ3) is 3.52. The summed E-state index contributed by atoms with van der Waals surface area (Å²) in [6.45, 7) is 2.47. The molecule has 1 heterocycles. The summed E-state index contributed by atoms with van der Waals surface area (Å²) < 4.78 is 40.1. The second-order valence-electron chi connectivity index (χ2n) is 6.64. The van der Waals surface area contributed by atoms with Crippen molar-refractivity contribution in [3.05, 3.63) is 23.8 Å². The van der Waals surface area contributed by atoms with Crippen LogP contribution in [0.4, 0.5) is 8.78 Å². The summed E-state index contributed by atoms with van der Waals surface area (Å²) in [4.78, 5) is 26.1. The van der Waals surface area contributed by atoms with Crippen LogP contribution in [0.2, 0.25) is 0 Å².